The summed E-state index contributed by atoms with van der Waals surface area (Å²) in [6, 6.07) is 5.35. The van der Waals surface area contributed by atoms with Crippen molar-refractivity contribution in [3.05, 3.63) is 35.5 Å². The maximum absolute atomic E-state index is 11.0. The first-order valence-corrected chi connectivity index (χ1v) is 4.21. The minimum Gasteiger partial charge on any atom is -0.478 e. The molecule has 0 radical (unpaired) electrons. The predicted octanol–water partition coefficient (Wildman–Crippen LogP) is 1.53. The van der Waals surface area contributed by atoms with E-state index in [-0.39, 0.29) is 5.56 Å². The zero-order valence-corrected chi connectivity index (χ0v) is 7.69. The van der Waals surface area contributed by atoms with Gasteiger partial charge < -0.3 is 15.2 Å². The second-order valence-corrected chi connectivity index (χ2v) is 3.15. The number of carboxylic acid groups (broad SMARTS) is 1. The minimum absolute atomic E-state index is 0.281. The molecule has 14 heavy (non-hydrogen) atoms. The van der Waals surface area contributed by atoms with Gasteiger partial charge in [-0.3, -0.25) is 0 Å². The fourth-order valence-electron chi connectivity index (χ4n) is 1.63. The number of carbonyl (C=O) groups is 1. The van der Waals surface area contributed by atoms with Crippen LogP contribution in [0, 0.1) is 6.92 Å². The number of aromatic carboxylic acids is 1. The zero-order valence-electron chi connectivity index (χ0n) is 7.69. The van der Waals surface area contributed by atoms with Gasteiger partial charge in [-0.2, -0.15) is 0 Å². The molecule has 0 fully saturated rings. The van der Waals surface area contributed by atoms with Crippen molar-refractivity contribution in [3.63, 3.8) is 0 Å². The van der Waals surface area contributed by atoms with E-state index in [9.17, 15) is 4.79 Å². The predicted molar refractivity (Wildman–Crippen MR) is 53.5 cm³/mol. The van der Waals surface area contributed by atoms with Crippen LogP contribution in [0.1, 0.15) is 15.9 Å². The summed E-state index contributed by atoms with van der Waals surface area (Å²) < 4.78 is 1.68. The number of hydrogen-bond acceptors (Lipinski definition) is 2. The van der Waals surface area contributed by atoms with Gasteiger partial charge in [0.15, 0.2) is 0 Å². The Bertz CT molecular complexity index is 514. The van der Waals surface area contributed by atoms with Crippen LogP contribution in [0.15, 0.2) is 24.4 Å². The average Bonchev–Trinajstić information content (AvgIpc) is 2.41. The highest BCUT2D eigenvalue weighted by atomic mass is 16.4. The molecular weight excluding hydrogens is 180 g/mol. The maximum atomic E-state index is 11.0. The Balaban J connectivity index is 2.95. The summed E-state index contributed by atoms with van der Waals surface area (Å²) in [4.78, 5) is 11.0. The first-order chi connectivity index (χ1) is 6.63. The molecule has 2 heterocycles. The number of fused-ring (bicyclic) bond motifs is 1. The number of carboxylic acids is 1. The zero-order chi connectivity index (χ0) is 10.3. The third-order valence-electron chi connectivity index (χ3n) is 2.35. The summed E-state index contributed by atoms with van der Waals surface area (Å²) >= 11 is 0. The third-order valence-corrected chi connectivity index (χ3v) is 2.35. The van der Waals surface area contributed by atoms with Gasteiger partial charge >= 0.3 is 5.97 Å². The SMILES string of the molecule is Cc1c(C(=O)O)c2ccccn2c1N. The maximum Gasteiger partial charge on any atom is 0.338 e. The van der Waals surface area contributed by atoms with E-state index >= 15 is 0 Å². The van der Waals surface area contributed by atoms with E-state index in [1.54, 1.807) is 29.7 Å². The molecule has 3 N–H and O–H groups in total. The van der Waals surface area contributed by atoms with Crippen LogP contribution in [0.5, 0.6) is 0 Å². The van der Waals surface area contributed by atoms with E-state index in [2.05, 4.69) is 0 Å². The smallest absolute Gasteiger partial charge is 0.338 e. The van der Waals surface area contributed by atoms with E-state index in [4.69, 9.17) is 10.8 Å². The van der Waals surface area contributed by atoms with E-state index in [0.29, 0.717) is 16.9 Å². The number of nitrogen functional groups attached to an aromatic ring is 1. The number of pyridine rings is 1. The summed E-state index contributed by atoms with van der Waals surface area (Å²) in [6.45, 7) is 1.71. The lowest BCUT2D eigenvalue weighted by molar-refractivity contribution is 0.0698. The van der Waals surface area contributed by atoms with Crippen molar-refractivity contribution < 1.29 is 9.90 Å². The van der Waals surface area contributed by atoms with Crippen molar-refractivity contribution in [1.82, 2.24) is 4.40 Å². The molecule has 0 amide bonds. The van der Waals surface area contributed by atoms with E-state index in [0.717, 1.165) is 0 Å². The molecule has 0 aromatic carbocycles. The summed E-state index contributed by atoms with van der Waals surface area (Å²) in [7, 11) is 0. The fourth-order valence-corrected chi connectivity index (χ4v) is 1.63. The second-order valence-electron chi connectivity index (χ2n) is 3.15. The Morgan fingerprint density at radius 1 is 1.50 bits per heavy atom. The van der Waals surface area contributed by atoms with Gasteiger partial charge in [-0.25, -0.2) is 4.79 Å². The fraction of sp³-hybridized carbons (Fsp3) is 0.100. The van der Waals surface area contributed by atoms with Crippen molar-refractivity contribution in [2.45, 2.75) is 6.92 Å². The number of aromatic nitrogens is 1. The summed E-state index contributed by atoms with van der Waals surface area (Å²) in [6.07, 6.45) is 1.75. The van der Waals surface area contributed by atoms with Gasteiger partial charge in [0, 0.05) is 11.8 Å². The molecule has 0 aliphatic carbocycles. The third kappa shape index (κ3) is 0.970. The summed E-state index contributed by atoms with van der Waals surface area (Å²) in [5, 5.41) is 9.01. The molecule has 0 unspecified atom stereocenters. The number of nitrogens with two attached hydrogens (primary N) is 1. The number of hydrogen-bond donors (Lipinski definition) is 2. The van der Waals surface area contributed by atoms with Crippen LogP contribution < -0.4 is 5.73 Å². The Kier molecular flexibility index (Phi) is 1.70. The van der Waals surface area contributed by atoms with Gasteiger partial charge in [-0.15, -0.1) is 0 Å². The van der Waals surface area contributed by atoms with E-state index < -0.39 is 5.97 Å². The number of anilines is 1. The van der Waals surface area contributed by atoms with Gasteiger partial charge in [-0.05, 0) is 19.1 Å². The molecule has 2 aromatic heterocycles. The lowest BCUT2D eigenvalue weighted by Crippen LogP contribution is -1.97. The van der Waals surface area contributed by atoms with Crippen LogP contribution in [0.25, 0.3) is 5.52 Å². The molecule has 0 atom stereocenters. The van der Waals surface area contributed by atoms with Gasteiger partial charge in [0.1, 0.15) is 5.82 Å². The molecule has 0 saturated carbocycles. The van der Waals surface area contributed by atoms with Crippen LogP contribution in [0.4, 0.5) is 5.82 Å². The normalized spacial score (nSPS) is 10.6. The molecule has 2 aromatic rings. The summed E-state index contributed by atoms with van der Waals surface area (Å²) in [5.74, 6) is -0.457. The van der Waals surface area contributed by atoms with Crippen LogP contribution >= 0.6 is 0 Å². The highest BCUT2D eigenvalue weighted by Crippen LogP contribution is 2.24. The summed E-state index contributed by atoms with van der Waals surface area (Å²) in [5.41, 5.74) is 7.31. The van der Waals surface area contributed by atoms with Crippen molar-refractivity contribution >= 4 is 17.3 Å². The van der Waals surface area contributed by atoms with Gasteiger partial charge in [0.25, 0.3) is 0 Å². The Labute approximate surface area is 80.6 Å². The number of nitrogens with zero attached hydrogens (tertiary/aromatic N) is 1. The quantitative estimate of drug-likeness (QED) is 0.716. The molecule has 0 aliphatic rings. The molecule has 72 valence electrons. The van der Waals surface area contributed by atoms with Crippen molar-refractivity contribution in [2.24, 2.45) is 0 Å². The Morgan fingerprint density at radius 3 is 2.86 bits per heavy atom. The molecular formula is C10H10N2O2. The highest BCUT2D eigenvalue weighted by Gasteiger charge is 2.17. The van der Waals surface area contributed by atoms with E-state index in [1.165, 1.54) is 0 Å². The topological polar surface area (TPSA) is 67.7 Å². The van der Waals surface area contributed by atoms with Gasteiger partial charge in [-0.1, -0.05) is 6.07 Å². The minimum atomic E-state index is -0.942. The Morgan fingerprint density at radius 2 is 2.21 bits per heavy atom. The van der Waals surface area contributed by atoms with Crippen molar-refractivity contribution in [2.75, 3.05) is 5.73 Å². The molecule has 0 saturated heterocycles. The molecule has 0 bridgehead atoms. The molecule has 4 nitrogen and oxygen atoms in total. The van der Waals surface area contributed by atoms with Crippen LogP contribution in [-0.4, -0.2) is 15.5 Å². The highest BCUT2D eigenvalue weighted by molar-refractivity contribution is 5.99. The molecule has 0 aliphatic heterocycles. The molecule has 2 rings (SSSR count). The van der Waals surface area contributed by atoms with Gasteiger partial charge in [0.2, 0.25) is 0 Å². The van der Waals surface area contributed by atoms with Crippen molar-refractivity contribution in [3.8, 4) is 0 Å². The standard InChI is InChI=1S/C10H10N2O2/c1-6-8(10(13)14)7-4-2-3-5-12(7)9(6)11/h2-5H,11H2,1H3,(H,13,14). The monoisotopic (exact) mass is 190 g/mol. The Hall–Kier alpha value is -1.97. The van der Waals surface area contributed by atoms with Crippen molar-refractivity contribution in [1.29, 1.82) is 0 Å². The number of rotatable bonds is 1. The average molecular weight is 190 g/mol. The van der Waals surface area contributed by atoms with Gasteiger partial charge in [0.05, 0.1) is 11.1 Å². The molecule has 0 spiro atoms. The lowest BCUT2D eigenvalue weighted by atomic mass is 10.2. The largest absolute Gasteiger partial charge is 0.478 e. The lowest BCUT2D eigenvalue weighted by Gasteiger charge is -1.95. The first kappa shape index (κ1) is 8.62. The second kappa shape index (κ2) is 2.77. The molecule has 4 heteroatoms. The van der Waals surface area contributed by atoms with Crippen LogP contribution in [-0.2, 0) is 0 Å². The first-order valence-electron chi connectivity index (χ1n) is 4.21. The van der Waals surface area contributed by atoms with Crippen LogP contribution in [0.2, 0.25) is 0 Å². The van der Waals surface area contributed by atoms with E-state index in [1.807, 2.05) is 6.07 Å². The van der Waals surface area contributed by atoms with Crippen LogP contribution in [0.3, 0.4) is 0 Å².